The van der Waals surface area contributed by atoms with Gasteiger partial charge in [-0.15, -0.1) is 5.10 Å². The number of hydrogen-bond donors (Lipinski definition) is 4. The van der Waals surface area contributed by atoms with E-state index in [9.17, 15) is 18.0 Å². The standard InChI is InChI=1S/C22H25IN6O5S/c1-14(2)20(22(31)27-32)21(30)25-17-7-3-15(4-8-17)12-29-13-18(26-28-29)11-24-35(33,34)19-9-5-16(23)6-10-19/h3-10,13-14,20,24,32H,11-12H2,1-2H3,(H,25,30)(H,27,31). The first-order chi connectivity index (χ1) is 16.6. The van der Waals surface area contributed by atoms with Gasteiger partial charge in [-0.2, -0.15) is 0 Å². The maximum absolute atomic E-state index is 12.4. The van der Waals surface area contributed by atoms with E-state index in [0.717, 1.165) is 9.13 Å². The van der Waals surface area contributed by atoms with Crippen LogP contribution in [0.3, 0.4) is 0 Å². The summed E-state index contributed by atoms with van der Waals surface area (Å²) in [7, 11) is -3.66. The second kappa shape index (κ2) is 11.7. The van der Waals surface area contributed by atoms with E-state index in [4.69, 9.17) is 5.21 Å². The molecular weight excluding hydrogens is 587 g/mol. The molecule has 13 heteroatoms. The summed E-state index contributed by atoms with van der Waals surface area (Å²) in [6.45, 7) is 3.80. The minimum atomic E-state index is -3.66. The number of sulfonamides is 1. The number of aromatic nitrogens is 3. The van der Waals surface area contributed by atoms with Gasteiger partial charge in [0.05, 0.1) is 29.9 Å². The Kier molecular flexibility index (Phi) is 8.93. The van der Waals surface area contributed by atoms with Gasteiger partial charge in [0, 0.05) is 9.26 Å². The number of carbonyl (C=O) groups is 2. The van der Waals surface area contributed by atoms with Crippen molar-refractivity contribution in [1.29, 1.82) is 0 Å². The van der Waals surface area contributed by atoms with E-state index in [-0.39, 0.29) is 17.4 Å². The Morgan fingerprint density at radius 1 is 1.06 bits per heavy atom. The van der Waals surface area contributed by atoms with E-state index in [1.165, 1.54) is 17.6 Å². The number of anilines is 1. The van der Waals surface area contributed by atoms with Crippen LogP contribution in [0.2, 0.25) is 0 Å². The molecule has 0 aliphatic rings. The molecule has 3 aromatic rings. The van der Waals surface area contributed by atoms with E-state index in [1.54, 1.807) is 61.1 Å². The molecule has 11 nitrogen and oxygen atoms in total. The molecule has 0 spiro atoms. The van der Waals surface area contributed by atoms with Crippen LogP contribution in [0.4, 0.5) is 5.69 Å². The van der Waals surface area contributed by atoms with Crippen molar-refractivity contribution in [2.45, 2.75) is 31.8 Å². The third-order valence-electron chi connectivity index (χ3n) is 5.06. The molecule has 0 saturated heterocycles. The van der Waals surface area contributed by atoms with Gasteiger partial charge in [-0.25, -0.2) is 23.3 Å². The Bertz CT molecular complexity index is 1280. The molecule has 1 unspecified atom stereocenters. The highest BCUT2D eigenvalue weighted by atomic mass is 127. The number of hydroxylamine groups is 1. The SMILES string of the molecule is CC(C)C(C(=O)NO)C(=O)Nc1ccc(Cn2cc(CNS(=O)(=O)c3ccc(I)cc3)nn2)cc1. The quantitative estimate of drug-likeness (QED) is 0.118. The van der Waals surface area contributed by atoms with E-state index in [1.807, 2.05) is 0 Å². The molecule has 3 rings (SSSR count). The summed E-state index contributed by atoms with van der Waals surface area (Å²) in [6, 6.07) is 13.5. The van der Waals surface area contributed by atoms with E-state index in [2.05, 4.69) is 42.9 Å². The van der Waals surface area contributed by atoms with Gasteiger partial charge in [0.2, 0.25) is 15.9 Å². The maximum atomic E-state index is 12.4. The zero-order chi connectivity index (χ0) is 25.6. The van der Waals surface area contributed by atoms with Crippen molar-refractivity contribution in [3.05, 3.63) is 69.6 Å². The van der Waals surface area contributed by atoms with Crippen LogP contribution in [0, 0.1) is 15.4 Å². The molecule has 186 valence electrons. The minimum absolute atomic E-state index is 0.00226. The number of halogens is 1. The van der Waals surface area contributed by atoms with Crippen LogP contribution >= 0.6 is 22.6 Å². The average Bonchev–Trinajstić information content (AvgIpc) is 3.26. The fourth-order valence-corrected chi connectivity index (χ4v) is 4.62. The highest BCUT2D eigenvalue weighted by molar-refractivity contribution is 14.1. The van der Waals surface area contributed by atoms with Crippen molar-refractivity contribution >= 4 is 50.1 Å². The van der Waals surface area contributed by atoms with Crippen LogP contribution in [0.15, 0.2) is 59.6 Å². The Morgan fingerprint density at radius 3 is 2.31 bits per heavy atom. The molecule has 0 saturated carbocycles. The van der Waals surface area contributed by atoms with Crippen molar-refractivity contribution in [2.75, 3.05) is 5.32 Å². The van der Waals surface area contributed by atoms with Gasteiger partial charge in [-0.3, -0.25) is 14.8 Å². The predicted molar refractivity (Wildman–Crippen MR) is 136 cm³/mol. The summed E-state index contributed by atoms with van der Waals surface area (Å²) < 4.78 is 29.9. The lowest BCUT2D eigenvalue weighted by Gasteiger charge is -2.18. The van der Waals surface area contributed by atoms with Crippen molar-refractivity contribution in [3.63, 3.8) is 0 Å². The lowest BCUT2D eigenvalue weighted by Crippen LogP contribution is -2.39. The number of amides is 2. The van der Waals surface area contributed by atoms with Gasteiger partial charge in [-0.05, 0) is 70.5 Å². The Hall–Kier alpha value is -2.88. The second-order valence-corrected chi connectivity index (χ2v) is 11.1. The lowest BCUT2D eigenvalue weighted by atomic mass is 9.94. The molecule has 0 fully saturated rings. The zero-order valence-electron chi connectivity index (χ0n) is 19.0. The van der Waals surface area contributed by atoms with Gasteiger partial charge in [0.1, 0.15) is 5.92 Å². The molecular formula is C22H25IN6O5S. The highest BCUT2D eigenvalue weighted by Crippen LogP contribution is 2.17. The molecule has 1 atom stereocenters. The van der Waals surface area contributed by atoms with Crippen molar-refractivity contribution in [1.82, 2.24) is 25.2 Å². The zero-order valence-corrected chi connectivity index (χ0v) is 21.9. The van der Waals surface area contributed by atoms with Crippen LogP contribution in [0.25, 0.3) is 0 Å². The summed E-state index contributed by atoms with van der Waals surface area (Å²) >= 11 is 2.10. The summed E-state index contributed by atoms with van der Waals surface area (Å²) in [4.78, 5) is 24.3. The second-order valence-electron chi connectivity index (χ2n) is 8.07. The number of rotatable bonds is 10. The monoisotopic (exact) mass is 612 g/mol. The first-order valence-corrected chi connectivity index (χ1v) is 13.1. The van der Waals surface area contributed by atoms with Crippen molar-refractivity contribution in [2.24, 2.45) is 11.8 Å². The summed E-state index contributed by atoms with van der Waals surface area (Å²) in [5.41, 5.74) is 3.36. The van der Waals surface area contributed by atoms with Crippen LogP contribution in [0.5, 0.6) is 0 Å². The van der Waals surface area contributed by atoms with E-state index >= 15 is 0 Å². The average molecular weight is 612 g/mol. The van der Waals surface area contributed by atoms with Crippen molar-refractivity contribution in [3.8, 4) is 0 Å². The molecule has 0 aliphatic carbocycles. The molecule has 1 heterocycles. The van der Waals surface area contributed by atoms with Gasteiger partial charge < -0.3 is 5.32 Å². The molecule has 4 N–H and O–H groups in total. The largest absolute Gasteiger partial charge is 0.325 e. The predicted octanol–water partition coefficient (Wildman–Crippen LogP) is 2.13. The maximum Gasteiger partial charge on any atom is 0.256 e. The smallest absolute Gasteiger partial charge is 0.256 e. The van der Waals surface area contributed by atoms with Crippen molar-refractivity contribution < 1.29 is 23.2 Å². The molecule has 0 bridgehead atoms. The lowest BCUT2D eigenvalue weighted by molar-refractivity contribution is -0.140. The van der Waals surface area contributed by atoms with Crippen LogP contribution in [-0.2, 0) is 32.7 Å². The number of carbonyl (C=O) groups excluding carboxylic acids is 2. The molecule has 0 radical (unpaired) electrons. The molecule has 35 heavy (non-hydrogen) atoms. The fraction of sp³-hybridized carbons (Fsp3) is 0.273. The number of nitrogens with one attached hydrogen (secondary N) is 3. The summed E-state index contributed by atoms with van der Waals surface area (Å²) in [5, 5.41) is 19.6. The van der Waals surface area contributed by atoms with Gasteiger partial charge in [-0.1, -0.05) is 31.2 Å². The topological polar surface area (TPSA) is 155 Å². The normalized spacial score (nSPS) is 12.4. The Labute approximate surface area is 216 Å². The minimum Gasteiger partial charge on any atom is -0.325 e. The number of hydrogen-bond acceptors (Lipinski definition) is 7. The molecule has 2 amide bonds. The fourth-order valence-electron chi connectivity index (χ4n) is 3.26. The van der Waals surface area contributed by atoms with Crippen LogP contribution in [-0.4, -0.2) is 40.4 Å². The Morgan fingerprint density at radius 2 is 1.71 bits per heavy atom. The summed E-state index contributed by atoms with van der Waals surface area (Å²) in [6.07, 6.45) is 1.65. The first kappa shape index (κ1) is 26.7. The third kappa shape index (κ3) is 7.30. The van der Waals surface area contributed by atoms with E-state index in [0.29, 0.717) is 17.9 Å². The van der Waals surface area contributed by atoms with Crippen LogP contribution < -0.4 is 15.5 Å². The van der Waals surface area contributed by atoms with Gasteiger partial charge in [0.25, 0.3) is 5.91 Å². The van der Waals surface area contributed by atoms with Gasteiger partial charge in [0.15, 0.2) is 0 Å². The Balaban J connectivity index is 1.57. The van der Waals surface area contributed by atoms with Gasteiger partial charge >= 0.3 is 0 Å². The van der Waals surface area contributed by atoms with Crippen LogP contribution in [0.1, 0.15) is 25.1 Å². The first-order valence-electron chi connectivity index (χ1n) is 10.6. The third-order valence-corrected chi connectivity index (χ3v) is 7.20. The summed E-state index contributed by atoms with van der Waals surface area (Å²) in [5.74, 6) is -2.62. The molecule has 2 aromatic carbocycles. The van der Waals surface area contributed by atoms with E-state index < -0.39 is 27.8 Å². The number of benzene rings is 2. The highest BCUT2D eigenvalue weighted by Gasteiger charge is 2.29. The molecule has 1 aromatic heterocycles. The molecule has 0 aliphatic heterocycles. The number of nitrogens with zero attached hydrogens (tertiary/aromatic N) is 3.